The number of rotatable bonds is 6. The lowest BCUT2D eigenvalue weighted by Gasteiger charge is -2.13. The molecule has 2 aromatic rings. The Bertz CT molecular complexity index is 655. The molecule has 0 amide bonds. The third kappa shape index (κ3) is 3.92. The minimum absolute atomic E-state index is 0.317. The zero-order valence-electron chi connectivity index (χ0n) is 12.5. The summed E-state index contributed by atoms with van der Waals surface area (Å²) in [7, 11) is 1.34. The highest BCUT2D eigenvalue weighted by Gasteiger charge is 2.12. The summed E-state index contributed by atoms with van der Waals surface area (Å²) in [4.78, 5) is 11.6. The van der Waals surface area contributed by atoms with Gasteiger partial charge in [-0.15, -0.1) is 0 Å². The fourth-order valence-electron chi connectivity index (χ4n) is 1.91. The van der Waals surface area contributed by atoms with E-state index in [1.165, 1.54) is 7.11 Å². The molecule has 0 aliphatic carbocycles. The number of esters is 1. The molecule has 0 N–H and O–H groups in total. The van der Waals surface area contributed by atoms with Crippen molar-refractivity contribution in [2.75, 3.05) is 13.7 Å². The Labute approximate surface area is 134 Å². The lowest BCUT2D eigenvalue weighted by atomic mass is 10.2. The molecule has 2 rings (SSSR count). The second-order valence-corrected chi connectivity index (χ2v) is 4.87. The highest BCUT2D eigenvalue weighted by Crippen LogP contribution is 2.30. The van der Waals surface area contributed by atoms with Crippen molar-refractivity contribution < 1.29 is 19.0 Å². The zero-order valence-corrected chi connectivity index (χ0v) is 13.2. The Morgan fingerprint density at radius 2 is 1.86 bits per heavy atom. The summed E-state index contributed by atoms with van der Waals surface area (Å²) in [5.74, 6) is 0.630. The molecule has 2 aromatic carbocycles. The van der Waals surface area contributed by atoms with Crippen LogP contribution in [0.15, 0.2) is 42.5 Å². The van der Waals surface area contributed by atoms with E-state index in [0.29, 0.717) is 35.3 Å². The SMILES string of the molecule is CCOc1cc(C(=O)OC)ccc1OCc1ccccc1Cl. The van der Waals surface area contributed by atoms with E-state index in [1.807, 2.05) is 31.2 Å². The second-order valence-electron chi connectivity index (χ2n) is 4.47. The molecule has 0 heterocycles. The molecule has 0 bridgehead atoms. The molecule has 0 fully saturated rings. The molecule has 0 unspecified atom stereocenters. The van der Waals surface area contributed by atoms with Crippen molar-refractivity contribution in [2.45, 2.75) is 13.5 Å². The van der Waals surface area contributed by atoms with Gasteiger partial charge in [0.15, 0.2) is 11.5 Å². The van der Waals surface area contributed by atoms with Crippen LogP contribution in [0.25, 0.3) is 0 Å². The van der Waals surface area contributed by atoms with Crippen LogP contribution in [-0.2, 0) is 11.3 Å². The molecule has 116 valence electrons. The summed E-state index contributed by atoms with van der Waals surface area (Å²) < 4.78 is 16.0. The van der Waals surface area contributed by atoms with Crippen molar-refractivity contribution in [3.8, 4) is 11.5 Å². The van der Waals surface area contributed by atoms with Crippen molar-refractivity contribution in [3.63, 3.8) is 0 Å². The Kier molecular flexibility index (Phi) is 5.67. The first-order chi connectivity index (χ1) is 10.7. The number of carbonyl (C=O) groups excluding carboxylic acids is 1. The highest BCUT2D eigenvalue weighted by atomic mass is 35.5. The van der Waals surface area contributed by atoms with Crippen LogP contribution in [0.2, 0.25) is 5.02 Å². The average Bonchev–Trinajstić information content (AvgIpc) is 2.54. The molecule has 0 aliphatic rings. The maximum absolute atomic E-state index is 11.6. The Morgan fingerprint density at radius 1 is 1.09 bits per heavy atom. The molecule has 0 spiro atoms. The van der Waals surface area contributed by atoms with Crippen LogP contribution < -0.4 is 9.47 Å². The topological polar surface area (TPSA) is 44.8 Å². The van der Waals surface area contributed by atoms with E-state index >= 15 is 0 Å². The fraction of sp³-hybridized carbons (Fsp3) is 0.235. The van der Waals surface area contributed by atoms with E-state index in [2.05, 4.69) is 0 Å². The van der Waals surface area contributed by atoms with Gasteiger partial charge in [0.2, 0.25) is 0 Å². The second kappa shape index (κ2) is 7.71. The van der Waals surface area contributed by atoms with Crippen LogP contribution >= 0.6 is 11.6 Å². The van der Waals surface area contributed by atoms with Crippen molar-refractivity contribution in [1.29, 1.82) is 0 Å². The van der Waals surface area contributed by atoms with Gasteiger partial charge in [-0.05, 0) is 31.2 Å². The lowest BCUT2D eigenvalue weighted by molar-refractivity contribution is 0.0600. The highest BCUT2D eigenvalue weighted by molar-refractivity contribution is 6.31. The van der Waals surface area contributed by atoms with Crippen molar-refractivity contribution in [2.24, 2.45) is 0 Å². The standard InChI is InChI=1S/C17H17ClO4/c1-3-21-16-10-12(17(19)20-2)8-9-15(16)22-11-13-6-4-5-7-14(13)18/h4-10H,3,11H2,1-2H3. The van der Waals surface area contributed by atoms with E-state index in [0.717, 1.165) is 5.56 Å². The van der Waals surface area contributed by atoms with Crippen molar-refractivity contribution >= 4 is 17.6 Å². The molecular formula is C17H17ClO4. The van der Waals surface area contributed by atoms with Crippen LogP contribution in [0.1, 0.15) is 22.8 Å². The number of carbonyl (C=O) groups is 1. The smallest absolute Gasteiger partial charge is 0.337 e. The van der Waals surface area contributed by atoms with Gasteiger partial charge < -0.3 is 14.2 Å². The van der Waals surface area contributed by atoms with Gasteiger partial charge in [-0.1, -0.05) is 29.8 Å². The lowest BCUT2D eigenvalue weighted by Crippen LogP contribution is -2.04. The van der Waals surface area contributed by atoms with Crippen LogP contribution in [0.4, 0.5) is 0 Å². The molecular weight excluding hydrogens is 304 g/mol. The van der Waals surface area contributed by atoms with Crippen LogP contribution in [-0.4, -0.2) is 19.7 Å². The summed E-state index contributed by atoms with van der Waals surface area (Å²) in [6, 6.07) is 12.4. The quantitative estimate of drug-likeness (QED) is 0.752. The van der Waals surface area contributed by atoms with Gasteiger partial charge in [-0.3, -0.25) is 0 Å². The van der Waals surface area contributed by atoms with E-state index in [9.17, 15) is 4.79 Å². The summed E-state index contributed by atoms with van der Waals surface area (Å²) in [5.41, 5.74) is 1.29. The normalized spacial score (nSPS) is 10.1. The summed E-state index contributed by atoms with van der Waals surface area (Å²) in [5, 5.41) is 0.645. The summed E-state index contributed by atoms with van der Waals surface area (Å²) >= 11 is 6.10. The number of halogens is 1. The van der Waals surface area contributed by atoms with E-state index < -0.39 is 5.97 Å². The van der Waals surface area contributed by atoms with Gasteiger partial charge in [-0.2, -0.15) is 0 Å². The van der Waals surface area contributed by atoms with Gasteiger partial charge in [0.25, 0.3) is 0 Å². The molecule has 0 saturated heterocycles. The first-order valence-corrected chi connectivity index (χ1v) is 7.25. The Morgan fingerprint density at radius 3 is 2.55 bits per heavy atom. The fourth-order valence-corrected chi connectivity index (χ4v) is 2.10. The molecule has 0 aliphatic heterocycles. The molecule has 0 saturated carbocycles. The van der Waals surface area contributed by atoms with Gasteiger partial charge in [0.05, 0.1) is 19.3 Å². The molecule has 0 aromatic heterocycles. The summed E-state index contributed by atoms with van der Waals surface area (Å²) in [6.45, 7) is 2.65. The van der Waals surface area contributed by atoms with Crippen molar-refractivity contribution in [1.82, 2.24) is 0 Å². The zero-order chi connectivity index (χ0) is 15.9. The number of methoxy groups -OCH3 is 1. The van der Waals surface area contributed by atoms with E-state index in [1.54, 1.807) is 18.2 Å². The number of ether oxygens (including phenoxy) is 3. The maximum Gasteiger partial charge on any atom is 0.337 e. The molecule has 0 atom stereocenters. The van der Waals surface area contributed by atoms with Crippen LogP contribution in [0, 0.1) is 0 Å². The third-order valence-electron chi connectivity index (χ3n) is 3.01. The first-order valence-electron chi connectivity index (χ1n) is 6.87. The third-order valence-corrected chi connectivity index (χ3v) is 3.37. The van der Waals surface area contributed by atoms with Crippen LogP contribution in [0.3, 0.4) is 0 Å². The maximum atomic E-state index is 11.6. The monoisotopic (exact) mass is 320 g/mol. The predicted molar refractivity (Wildman–Crippen MR) is 84.7 cm³/mol. The number of benzene rings is 2. The van der Waals surface area contributed by atoms with Crippen LogP contribution in [0.5, 0.6) is 11.5 Å². The minimum Gasteiger partial charge on any atom is -0.490 e. The molecule has 4 nitrogen and oxygen atoms in total. The molecule has 22 heavy (non-hydrogen) atoms. The number of hydrogen-bond acceptors (Lipinski definition) is 4. The number of hydrogen-bond donors (Lipinski definition) is 0. The Hall–Kier alpha value is -2.20. The molecule has 5 heteroatoms. The largest absolute Gasteiger partial charge is 0.490 e. The first kappa shape index (κ1) is 16.2. The Balaban J connectivity index is 2.19. The van der Waals surface area contributed by atoms with E-state index in [4.69, 9.17) is 25.8 Å². The average molecular weight is 321 g/mol. The van der Waals surface area contributed by atoms with E-state index in [-0.39, 0.29) is 0 Å². The summed E-state index contributed by atoms with van der Waals surface area (Å²) in [6.07, 6.45) is 0. The van der Waals surface area contributed by atoms with Gasteiger partial charge in [-0.25, -0.2) is 4.79 Å². The van der Waals surface area contributed by atoms with Gasteiger partial charge in [0, 0.05) is 10.6 Å². The van der Waals surface area contributed by atoms with Crippen molar-refractivity contribution in [3.05, 3.63) is 58.6 Å². The molecule has 0 radical (unpaired) electrons. The minimum atomic E-state index is -0.418. The van der Waals surface area contributed by atoms with Gasteiger partial charge in [0.1, 0.15) is 6.61 Å². The predicted octanol–water partition coefficient (Wildman–Crippen LogP) is 4.10. The van der Waals surface area contributed by atoms with Gasteiger partial charge >= 0.3 is 5.97 Å².